The first-order valence-corrected chi connectivity index (χ1v) is 6.66. The lowest BCUT2D eigenvalue weighted by Crippen LogP contribution is -2.18. The number of rotatable bonds is 4. The Morgan fingerprint density at radius 1 is 1.26 bits per heavy atom. The molecule has 0 aliphatic rings. The molecule has 0 fully saturated rings. The minimum absolute atomic E-state index is 0.455. The first kappa shape index (κ1) is 13.7. The Bertz CT molecular complexity index is 574. The first-order chi connectivity index (χ1) is 9.11. The van der Waals surface area contributed by atoms with E-state index < -0.39 is 0 Å². The maximum absolute atomic E-state index is 5.76. The smallest absolute Gasteiger partial charge is 0.238 e. The number of pyridine rings is 1. The minimum atomic E-state index is 0.455. The van der Waals surface area contributed by atoms with Gasteiger partial charge < -0.3 is 15.4 Å². The number of ether oxygens (including phenoxy) is 1. The summed E-state index contributed by atoms with van der Waals surface area (Å²) >= 11 is 3.55. The number of aromatic nitrogens is 1. The average Bonchev–Trinajstić information content (AvgIpc) is 2.42. The molecule has 0 atom stereocenters. The lowest BCUT2D eigenvalue weighted by Gasteiger charge is -2.19. The number of hydrogen-bond acceptors (Lipinski definition) is 4. The summed E-state index contributed by atoms with van der Waals surface area (Å²) in [6.45, 7) is 0.751. The summed E-state index contributed by atoms with van der Waals surface area (Å²) in [5, 5.41) is 0. The number of anilines is 2. The van der Waals surface area contributed by atoms with Crippen LogP contribution in [0.25, 0.3) is 0 Å². The standard InChI is InChI=1S/C14H16BrN3O/c1-18(9-10-5-3-4-6-11(10)15)13-8-7-12(16)14(17-13)19-2/h3-8H,9,16H2,1-2H3. The molecule has 4 nitrogen and oxygen atoms in total. The molecule has 1 aromatic carbocycles. The molecule has 19 heavy (non-hydrogen) atoms. The monoisotopic (exact) mass is 321 g/mol. The average molecular weight is 322 g/mol. The fraction of sp³-hybridized carbons (Fsp3) is 0.214. The topological polar surface area (TPSA) is 51.4 Å². The predicted octanol–water partition coefficient (Wildman–Crippen LogP) is 3.07. The van der Waals surface area contributed by atoms with Crippen LogP contribution in [0.3, 0.4) is 0 Å². The third-order valence-corrected chi connectivity index (χ3v) is 3.60. The Morgan fingerprint density at radius 3 is 2.68 bits per heavy atom. The van der Waals surface area contributed by atoms with E-state index in [0.717, 1.165) is 16.8 Å². The second-order valence-electron chi connectivity index (χ2n) is 4.22. The van der Waals surface area contributed by atoms with Gasteiger partial charge in [-0.3, -0.25) is 0 Å². The molecule has 2 aromatic rings. The predicted molar refractivity (Wildman–Crippen MR) is 81.5 cm³/mol. The van der Waals surface area contributed by atoms with Gasteiger partial charge in [-0.15, -0.1) is 0 Å². The van der Waals surface area contributed by atoms with Crippen molar-refractivity contribution < 1.29 is 4.74 Å². The highest BCUT2D eigenvalue weighted by atomic mass is 79.9. The Hall–Kier alpha value is -1.75. The van der Waals surface area contributed by atoms with Crippen LogP contribution in [0.15, 0.2) is 40.9 Å². The van der Waals surface area contributed by atoms with E-state index in [2.05, 4.69) is 27.0 Å². The van der Waals surface area contributed by atoms with Crippen LogP contribution in [0.2, 0.25) is 0 Å². The molecule has 5 heteroatoms. The molecule has 0 unspecified atom stereocenters. The molecule has 0 amide bonds. The molecule has 1 heterocycles. The number of nitrogens with two attached hydrogens (primary N) is 1. The van der Waals surface area contributed by atoms with E-state index in [1.807, 2.05) is 36.2 Å². The van der Waals surface area contributed by atoms with Crippen molar-refractivity contribution in [2.75, 3.05) is 24.8 Å². The molecule has 0 radical (unpaired) electrons. The second-order valence-corrected chi connectivity index (χ2v) is 5.07. The van der Waals surface area contributed by atoms with Gasteiger partial charge >= 0.3 is 0 Å². The summed E-state index contributed by atoms with van der Waals surface area (Å²) in [7, 11) is 3.55. The lowest BCUT2D eigenvalue weighted by molar-refractivity contribution is 0.400. The number of benzene rings is 1. The van der Waals surface area contributed by atoms with Gasteiger partial charge in [0.05, 0.1) is 12.8 Å². The maximum Gasteiger partial charge on any atom is 0.238 e. The molecule has 2 rings (SSSR count). The lowest BCUT2D eigenvalue weighted by atomic mass is 10.2. The second kappa shape index (κ2) is 5.93. The zero-order valence-corrected chi connectivity index (χ0v) is 12.5. The van der Waals surface area contributed by atoms with Crippen LogP contribution < -0.4 is 15.4 Å². The van der Waals surface area contributed by atoms with Crippen molar-refractivity contribution in [3.63, 3.8) is 0 Å². The van der Waals surface area contributed by atoms with E-state index >= 15 is 0 Å². The molecule has 0 saturated heterocycles. The van der Waals surface area contributed by atoms with Crippen LogP contribution in [0.5, 0.6) is 5.88 Å². The summed E-state index contributed by atoms with van der Waals surface area (Å²) < 4.78 is 6.22. The fourth-order valence-corrected chi connectivity index (χ4v) is 2.19. The number of hydrogen-bond donors (Lipinski definition) is 1. The molecule has 0 aliphatic carbocycles. The van der Waals surface area contributed by atoms with Crippen LogP contribution in [-0.2, 0) is 6.54 Å². The van der Waals surface area contributed by atoms with Gasteiger partial charge in [0, 0.05) is 18.1 Å². The van der Waals surface area contributed by atoms with Crippen molar-refractivity contribution in [2.45, 2.75) is 6.54 Å². The van der Waals surface area contributed by atoms with Crippen LogP contribution in [0.4, 0.5) is 11.5 Å². The van der Waals surface area contributed by atoms with Gasteiger partial charge in [0.25, 0.3) is 0 Å². The number of nitrogens with zero attached hydrogens (tertiary/aromatic N) is 2. The summed E-state index contributed by atoms with van der Waals surface area (Å²) in [6.07, 6.45) is 0. The molecule has 2 N–H and O–H groups in total. The molecule has 0 bridgehead atoms. The highest BCUT2D eigenvalue weighted by Crippen LogP contribution is 2.24. The fourth-order valence-electron chi connectivity index (χ4n) is 1.78. The van der Waals surface area contributed by atoms with E-state index in [4.69, 9.17) is 10.5 Å². The summed E-state index contributed by atoms with van der Waals surface area (Å²) in [4.78, 5) is 6.42. The van der Waals surface area contributed by atoms with Crippen molar-refractivity contribution in [1.29, 1.82) is 0 Å². The van der Waals surface area contributed by atoms with E-state index in [1.165, 1.54) is 5.56 Å². The van der Waals surface area contributed by atoms with Gasteiger partial charge in [0.2, 0.25) is 5.88 Å². The summed E-state index contributed by atoms with van der Waals surface area (Å²) in [6, 6.07) is 11.8. The van der Waals surface area contributed by atoms with Crippen molar-refractivity contribution in [1.82, 2.24) is 4.98 Å². The number of methoxy groups -OCH3 is 1. The van der Waals surface area contributed by atoms with Gasteiger partial charge in [-0.1, -0.05) is 34.1 Å². The van der Waals surface area contributed by atoms with Crippen LogP contribution >= 0.6 is 15.9 Å². The van der Waals surface area contributed by atoms with Crippen LogP contribution in [0.1, 0.15) is 5.56 Å². The van der Waals surface area contributed by atoms with Crippen LogP contribution in [0, 0.1) is 0 Å². The Balaban J connectivity index is 2.20. The van der Waals surface area contributed by atoms with Gasteiger partial charge in [0.15, 0.2) is 0 Å². The molecule has 0 aliphatic heterocycles. The zero-order valence-electron chi connectivity index (χ0n) is 10.9. The van der Waals surface area contributed by atoms with Crippen molar-refractivity contribution >= 4 is 27.4 Å². The third-order valence-electron chi connectivity index (χ3n) is 2.82. The Morgan fingerprint density at radius 2 is 2.00 bits per heavy atom. The highest BCUT2D eigenvalue weighted by Gasteiger charge is 2.09. The first-order valence-electron chi connectivity index (χ1n) is 5.87. The molecule has 100 valence electrons. The summed E-state index contributed by atoms with van der Waals surface area (Å²) in [5.41, 5.74) is 7.50. The highest BCUT2D eigenvalue weighted by molar-refractivity contribution is 9.10. The van der Waals surface area contributed by atoms with E-state index in [-0.39, 0.29) is 0 Å². The molecule has 1 aromatic heterocycles. The van der Waals surface area contributed by atoms with Gasteiger partial charge in [0.1, 0.15) is 5.82 Å². The van der Waals surface area contributed by atoms with Gasteiger partial charge in [-0.2, -0.15) is 4.98 Å². The zero-order chi connectivity index (χ0) is 13.8. The quantitative estimate of drug-likeness (QED) is 0.940. The van der Waals surface area contributed by atoms with E-state index in [0.29, 0.717) is 11.6 Å². The number of nitrogen functional groups attached to an aromatic ring is 1. The Kier molecular flexibility index (Phi) is 4.27. The Labute approximate surface area is 121 Å². The van der Waals surface area contributed by atoms with Crippen molar-refractivity contribution in [2.24, 2.45) is 0 Å². The normalized spacial score (nSPS) is 10.3. The van der Waals surface area contributed by atoms with E-state index in [9.17, 15) is 0 Å². The van der Waals surface area contributed by atoms with Crippen molar-refractivity contribution in [3.05, 3.63) is 46.4 Å². The largest absolute Gasteiger partial charge is 0.479 e. The summed E-state index contributed by atoms with van der Waals surface area (Å²) in [5.74, 6) is 1.28. The number of halogens is 1. The maximum atomic E-state index is 5.76. The SMILES string of the molecule is COc1nc(N(C)Cc2ccccc2Br)ccc1N. The minimum Gasteiger partial charge on any atom is -0.479 e. The molecule has 0 spiro atoms. The van der Waals surface area contributed by atoms with Gasteiger partial charge in [-0.05, 0) is 23.8 Å². The molecule has 0 saturated carbocycles. The molecular formula is C14H16BrN3O. The van der Waals surface area contributed by atoms with Crippen LogP contribution in [-0.4, -0.2) is 19.1 Å². The van der Waals surface area contributed by atoms with E-state index in [1.54, 1.807) is 13.2 Å². The third kappa shape index (κ3) is 3.17. The van der Waals surface area contributed by atoms with Crippen molar-refractivity contribution in [3.8, 4) is 5.88 Å². The van der Waals surface area contributed by atoms with Gasteiger partial charge in [-0.25, -0.2) is 0 Å². The molecular weight excluding hydrogens is 306 g/mol.